The maximum Gasteiger partial charge on any atom is 0.187 e. The minimum atomic E-state index is -0.0966. The molecule has 0 aliphatic carbocycles. The van der Waals surface area contributed by atoms with Crippen molar-refractivity contribution in [1.29, 1.82) is 0 Å². The van der Waals surface area contributed by atoms with Crippen LogP contribution < -0.4 is 4.74 Å². The molecule has 0 spiro atoms. The van der Waals surface area contributed by atoms with Crippen LogP contribution in [0.2, 0.25) is 0 Å². The first-order valence-corrected chi connectivity index (χ1v) is 10.5. The highest BCUT2D eigenvalue weighted by Gasteiger charge is 2.25. The van der Waals surface area contributed by atoms with E-state index < -0.39 is 0 Å². The number of hydrogen-bond acceptors (Lipinski definition) is 2. The Kier molecular flexibility index (Phi) is 4.67. The van der Waals surface area contributed by atoms with Crippen LogP contribution in [0.4, 0.5) is 0 Å². The van der Waals surface area contributed by atoms with Crippen LogP contribution in [0.5, 0.6) is 5.75 Å². The number of fused-ring (bicyclic) bond motifs is 3. The van der Waals surface area contributed by atoms with Crippen LogP contribution >= 0.6 is 10.5 Å². The van der Waals surface area contributed by atoms with E-state index in [2.05, 4.69) is 76.2 Å². The van der Waals surface area contributed by atoms with Crippen LogP contribution in [0, 0.1) is 27.7 Å². The van der Waals surface area contributed by atoms with Crippen molar-refractivity contribution in [3.8, 4) is 10.6 Å². The fourth-order valence-corrected chi connectivity index (χ4v) is 6.36. The van der Waals surface area contributed by atoms with Crippen LogP contribution in [0.15, 0.2) is 48.5 Å². The van der Waals surface area contributed by atoms with Crippen LogP contribution in [0.25, 0.3) is 25.1 Å². The van der Waals surface area contributed by atoms with E-state index in [9.17, 15) is 0 Å². The number of hydrogen-bond donors (Lipinski definition) is 1. The summed E-state index contributed by atoms with van der Waals surface area (Å²) in [6.07, 6.45) is 0. The van der Waals surface area contributed by atoms with Gasteiger partial charge in [-0.3, -0.25) is 0 Å². The fraction of sp³-hybridized carbons (Fsp3) is 0.250. The lowest BCUT2D eigenvalue weighted by Gasteiger charge is -2.11. The molecule has 0 bridgehead atoms. The molecule has 2 nitrogen and oxygen atoms in total. The zero-order chi connectivity index (χ0) is 19.1. The van der Waals surface area contributed by atoms with Crippen LogP contribution in [0.3, 0.4) is 0 Å². The van der Waals surface area contributed by atoms with Gasteiger partial charge in [0, 0.05) is 33.4 Å². The summed E-state index contributed by atoms with van der Waals surface area (Å²) in [6.45, 7) is 8.87. The third kappa shape index (κ3) is 3.11. The highest BCUT2D eigenvalue weighted by atomic mass is 32.2. The Morgan fingerprint density at radius 2 is 1.30 bits per heavy atom. The quantitative estimate of drug-likeness (QED) is 0.421. The van der Waals surface area contributed by atoms with Gasteiger partial charge in [-0.25, -0.2) is 0 Å². The average Bonchev–Trinajstić information content (AvgIpc) is 2.94. The molecule has 3 aromatic carbocycles. The van der Waals surface area contributed by atoms with E-state index in [0.29, 0.717) is 6.61 Å². The predicted molar refractivity (Wildman–Crippen MR) is 117 cm³/mol. The molecule has 1 aromatic heterocycles. The summed E-state index contributed by atoms with van der Waals surface area (Å²) in [4.78, 5) is 1.33. The number of thiophene rings is 1. The SMILES string of the molecule is Cc1ccc2c(c1)c1cc(C)ccc1[s+]2-c1cc(C)c(OCCO)c(C)c1. The molecule has 0 fully saturated rings. The lowest BCUT2D eigenvalue weighted by molar-refractivity contribution is 0.200. The van der Waals surface area contributed by atoms with Gasteiger partial charge in [0.1, 0.15) is 12.4 Å². The zero-order valence-electron chi connectivity index (χ0n) is 16.3. The maximum atomic E-state index is 9.08. The molecule has 1 heterocycles. The molecule has 3 heteroatoms. The molecule has 27 heavy (non-hydrogen) atoms. The van der Waals surface area contributed by atoms with Crippen molar-refractivity contribution in [2.45, 2.75) is 27.7 Å². The van der Waals surface area contributed by atoms with Crippen molar-refractivity contribution in [3.05, 3.63) is 70.8 Å². The Morgan fingerprint density at radius 3 is 1.78 bits per heavy atom. The van der Waals surface area contributed by atoms with Gasteiger partial charge >= 0.3 is 0 Å². The molecular weight excluding hydrogens is 352 g/mol. The normalized spacial score (nSPS) is 11.4. The Balaban J connectivity index is 2.01. The van der Waals surface area contributed by atoms with Gasteiger partial charge in [-0.1, -0.05) is 23.3 Å². The van der Waals surface area contributed by atoms with Crippen LogP contribution in [-0.4, -0.2) is 18.3 Å². The molecule has 0 unspecified atom stereocenters. The third-order valence-electron chi connectivity index (χ3n) is 5.01. The Morgan fingerprint density at radius 1 is 0.778 bits per heavy atom. The summed E-state index contributed by atoms with van der Waals surface area (Å²) in [5, 5.41) is 11.8. The first-order chi connectivity index (χ1) is 13.0. The number of ether oxygens (including phenoxy) is 1. The van der Waals surface area contributed by atoms with Gasteiger partial charge in [0.25, 0.3) is 0 Å². The molecule has 0 aliphatic rings. The molecule has 4 rings (SSSR count). The summed E-state index contributed by atoms with van der Waals surface area (Å²) in [5.74, 6) is 0.892. The van der Waals surface area contributed by atoms with Gasteiger partial charge in [-0.2, -0.15) is 0 Å². The number of aliphatic hydroxyl groups excluding tert-OH is 1. The van der Waals surface area contributed by atoms with Crippen LogP contribution in [0.1, 0.15) is 22.3 Å². The standard InChI is InChI=1S/C24H25O2S/c1-15-5-7-22-20(11-15)21-12-16(2)6-8-23(21)27(22)19-13-17(3)24(18(4)14-19)26-10-9-25/h5-8,11-14,25H,9-10H2,1-4H3/q+1. The minimum Gasteiger partial charge on any atom is -0.491 e. The van der Waals surface area contributed by atoms with E-state index in [1.54, 1.807) is 0 Å². The minimum absolute atomic E-state index is 0.0322. The zero-order valence-corrected chi connectivity index (χ0v) is 17.1. The van der Waals surface area contributed by atoms with E-state index in [4.69, 9.17) is 9.84 Å². The summed E-state index contributed by atoms with van der Waals surface area (Å²) in [7, 11) is -0.0966. The fourth-order valence-electron chi connectivity index (χ4n) is 3.84. The third-order valence-corrected chi connectivity index (χ3v) is 7.31. The second kappa shape index (κ2) is 6.99. The van der Waals surface area contributed by atoms with E-state index >= 15 is 0 Å². The Labute approximate surface area is 163 Å². The van der Waals surface area contributed by atoms with Crippen molar-refractivity contribution in [1.82, 2.24) is 0 Å². The van der Waals surface area contributed by atoms with E-state index in [1.165, 1.54) is 36.2 Å². The second-order valence-corrected chi connectivity index (χ2v) is 9.23. The molecule has 0 saturated heterocycles. The Bertz CT molecular complexity index is 1070. The van der Waals surface area contributed by atoms with Crippen molar-refractivity contribution in [3.63, 3.8) is 0 Å². The molecule has 0 atom stereocenters. The highest BCUT2D eigenvalue weighted by molar-refractivity contribution is 7.50. The Hall–Kier alpha value is -2.36. The largest absolute Gasteiger partial charge is 0.491 e. The van der Waals surface area contributed by atoms with Gasteiger partial charge in [0.15, 0.2) is 14.3 Å². The van der Waals surface area contributed by atoms with Crippen molar-refractivity contribution in [2.75, 3.05) is 13.2 Å². The number of benzene rings is 3. The molecule has 0 radical (unpaired) electrons. The van der Waals surface area contributed by atoms with E-state index in [-0.39, 0.29) is 17.1 Å². The summed E-state index contributed by atoms with van der Waals surface area (Å²) < 4.78 is 8.57. The number of rotatable bonds is 4. The van der Waals surface area contributed by atoms with Gasteiger partial charge in [-0.05, 0) is 63.1 Å². The first-order valence-electron chi connectivity index (χ1n) is 9.30. The van der Waals surface area contributed by atoms with Crippen molar-refractivity contribution in [2.24, 2.45) is 0 Å². The van der Waals surface area contributed by atoms with Crippen molar-refractivity contribution < 1.29 is 9.84 Å². The highest BCUT2D eigenvalue weighted by Crippen LogP contribution is 2.49. The topological polar surface area (TPSA) is 29.5 Å². The first kappa shape index (κ1) is 18.0. The molecule has 138 valence electrons. The molecule has 0 aliphatic heterocycles. The smallest absolute Gasteiger partial charge is 0.187 e. The summed E-state index contributed by atoms with van der Waals surface area (Å²) in [6, 6.07) is 18.2. The van der Waals surface area contributed by atoms with Crippen molar-refractivity contribution >= 4 is 30.6 Å². The molecular formula is C24H25O2S+. The maximum absolute atomic E-state index is 9.08. The van der Waals surface area contributed by atoms with Gasteiger partial charge in [-0.15, -0.1) is 0 Å². The lowest BCUT2D eigenvalue weighted by Crippen LogP contribution is -2.04. The monoisotopic (exact) mass is 377 g/mol. The predicted octanol–water partition coefficient (Wildman–Crippen LogP) is 6.34. The average molecular weight is 378 g/mol. The van der Waals surface area contributed by atoms with Gasteiger partial charge in [0.05, 0.1) is 6.61 Å². The molecule has 0 amide bonds. The summed E-state index contributed by atoms with van der Waals surface area (Å²) >= 11 is 0. The number of aryl methyl sites for hydroxylation is 4. The van der Waals surface area contributed by atoms with E-state index in [0.717, 1.165) is 16.9 Å². The second-order valence-electron chi connectivity index (χ2n) is 7.26. The van der Waals surface area contributed by atoms with Gasteiger partial charge in [0.2, 0.25) is 0 Å². The van der Waals surface area contributed by atoms with Gasteiger partial charge < -0.3 is 9.84 Å². The van der Waals surface area contributed by atoms with E-state index in [1.807, 2.05) is 0 Å². The summed E-state index contributed by atoms with van der Waals surface area (Å²) in [5.41, 5.74) is 4.85. The molecule has 4 aromatic rings. The molecule has 0 saturated carbocycles. The number of aliphatic hydroxyl groups is 1. The van der Waals surface area contributed by atoms with Crippen LogP contribution in [-0.2, 0) is 0 Å². The lowest BCUT2D eigenvalue weighted by atomic mass is 10.1. The molecule has 1 N–H and O–H groups in total.